The quantitative estimate of drug-likeness (QED) is 0.210. The van der Waals surface area contributed by atoms with E-state index in [9.17, 15) is 9.59 Å². The maximum atomic E-state index is 12.3. The second-order valence-corrected chi connectivity index (χ2v) is 7.83. The van der Waals surface area contributed by atoms with Gasteiger partial charge in [-0.15, -0.1) is 0 Å². The summed E-state index contributed by atoms with van der Waals surface area (Å²) in [5.74, 6) is 1.32. The van der Waals surface area contributed by atoms with Gasteiger partial charge in [0.1, 0.15) is 17.7 Å². The molecule has 1 aromatic heterocycles. The van der Waals surface area contributed by atoms with Gasteiger partial charge in [-0.2, -0.15) is 0 Å². The van der Waals surface area contributed by atoms with Crippen molar-refractivity contribution in [3.63, 3.8) is 0 Å². The molecule has 0 aliphatic carbocycles. The van der Waals surface area contributed by atoms with E-state index in [1.807, 2.05) is 53.1 Å². The van der Waals surface area contributed by atoms with E-state index in [-0.39, 0.29) is 5.97 Å². The lowest BCUT2D eigenvalue weighted by Gasteiger charge is -2.28. The highest BCUT2D eigenvalue weighted by Crippen LogP contribution is 2.31. The summed E-state index contributed by atoms with van der Waals surface area (Å²) in [6.45, 7) is 6.15. The van der Waals surface area contributed by atoms with Crippen molar-refractivity contribution in [2.45, 2.75) is 45.7 Å². The number of rotatable bonds is 13. The van der Waals surface area contributed by atoms with Crippen LogP contribution in [0.2, 0.25) is 0 Å². The third-order valence-electron chi connectivity index (χ3n) is 5.79. The third kappa shape index (κ3) is 5.99. The highest BCUT2D eigenvalue weighted by atomic mass is 16.5. The third-order valence-corrected chi connectivity index (χ3v) is 5.79. The average molecular weight is 452 g/mol. The summed E-state index contributed by atoms with van der Waals surface area (Å²) in [6, 6.07) is 15.7. The Morgan fingerprint density at radius 2 is 1.85 bits per heavy atom. The van der Waals surface area contributed by atoms with Gasteiger partial charge >= 0.3 is 5.97 Å². The van der Waals surface area contributed by atoms with Crippen molar-refractivity contribution in [3.05, 3.63) is 48.5 Å². The zero-order chi connectivity index (χ0) is 23.6. The fourth-order valence-electron chi connectivity index (χ4n) is 3.97. The topological polar surface area (TPSA) is 73.7 Å². The summed E-state index contributed by atoms with van der Waals surface area (Å²) in [4.78, 5) is 30.4. The Kier molecular flexibility index (Phi) is 9.01. The molecule has 176 valence electrons. The van der Waals surface area contributed by atoms with Gasteiger partial charge in [-0.05, 0) is 44.5 Å². The number of benzene rings is 2. The first-order valence-electron chi connectivity index (χ1n) is 11.6. The summed E-state index contributed by atoms with van der Waals surface area (Å²) in [7, 11) is 1.41. The molecule has 0 fully saturated rings. The lowest BCUT2D eigenvalue weighted by Crippen LogP contribution is -2.34. The molecular formula is C26H33N3O4. The number of fused-ring (bicyclic) bond motifs is 1. The molecule has 0 aliphatic heterocycles. The van der Waals surface area contributed by atoms with Crippen LogP contribution in [0.15, 0.2) is 48.5 Å². The number of aldehydes is 1. The van der Waals surface area contributed by atoms with Crippen molar-refractivity contribution >= 4 is 23.3 Å². The lowest BCUT2D eigenvalue weighted by molar-refractivity contribution is -0.140. The van der Waals surface area contributed by atoms with E-state index >= 15 is 0 Å². The highest BCUT2D eigenvalue weighted by molar-refractivity contribution is 5.83. The summed E-state index contributed by atoms with van der Waals surface area (Å²) < 4.78 is 12.7. The van der Waals surface area contributed by atoms with E-state index in [0.29, 0.717) is 13.0 Å². The van der Waals surface area contributed by atoms with Gasteiger partial charge in [0.25, 0.3) is 0 Å². The summed E-state index contributed by atoms with van der Waals surface area (Å²) in [5, 5.41) is 0. The van der Waals surface area contributed by atoms with Gasteiger partial charge < -0.3 is 14.0 Å². The minimum absolute atomic E-state index is 0.179. The molecule has 0 saturated carbocycles. The van der Waals surface area contributed by atoms with Crippen molar-refractivity contribution in [2.75, 3.05) is 26.8 Å². The van der Waals surface area contributed by atoms with Crippen LogP contribution >= 0.6 is 0 Å². The molecule has 0 aliphatic rings. The fourth-order valence-corrected chi connectivity index (χ4v) is 3.97. The molecule has 33 heavy (non-hydrogen) atoms. The van der Waals surface area contributed by atoms with Gasteiger partial charge in [-0.1, -0.05) is 44.2 Å². The van der Waals surface area contributed by atoms with E-state index < -0.39 is 6.17 Å². The highest BCUT2D eigenvalue weighted by Gasteiger charge is 2.24. The van der Waals surface area contributed by atoms with Crippen molar-refractivity contribution < 1.29 is 19.1 Å². The van der Waals surface area contributed by atoms with Gasteiger partial charge in [-0.3, -0.25) is 14.5 Å². The van der Waals surface area contributed by atoms with Gasteiger partial charge in [0.05, 0.1) is 24.8 Å². The lowest BCUT2D eigenvalue weighted by atomic mass is 10.2. The minimum atomic E-state index is -0.464. The first-order valence-corrected chi connectivity index (χ1v) is 11.6. The van der Waals surface area contributed by atoms with Crippen molar-refractivity contribution in [3.8, 4) is 17.1 Å². The molecule has 7 heteroatoms. The number of esters is 1. The molecule has 0 radical (unpaired) electrons. The normalized spacial score (nSPS) is 12.1. The van der Waals surface area contributed by atoms with Crippen LogP contribution in [-0.4, -0.2) is 53.5 Å². The van der Waals surface area contributed by atoms with E-state index in [0.717, 1.165) is 66.8 Å². The summed E-state index contributed by atoms with van der Waals surface area (Å²) in [6.07, 6.45) is 3.47. The van der Waals surface area contributed by atoms with E-state index in [1.165, 1.54) is 7.11 Å². The monoisotopic (exact) mass is 451 g/mol. The number of imidazole rings is 1. The van der Waals surface area contributed by atoms with Crippen LogP contribution in [0, 0.1) is 0 Å². The number of carbonyl (C=O) groups is 2. The number of ether oxygens (including phenoxy) is 2. The predicted molar refractivity (Wildman–Crippen MR) is 129 cm³/mol. The fraction of sp³-hybridized carbons (Fsp3) is 0.423. The Morgan fingerprint density at radius 3 is 2.52 bits per heavy atom. The molecule has 7 nitrogen and oxygen atoms in total. The zero-order valence-electron chi connectivity index (χ0n) is 19.7. The molecule has 2 aromatic carbocycles. The molecule has 1 atom stereocenters. The van der Waals surface area contributed by atoms with Gasteiger partial charge in [0.15, 0.2) is 6.29 Å². The first-order chi connectivity index (χ1) is 16.1. The smallest absolute Gasteiger partial charge is 0.305 e. The van der Waals surface area contributed by atoms with Crippen LogP contribution < -0.4 is 4.74 Å². The number of nitrogens with zero attached hydrogens (tertiary/aromatic N) is 3. The summed E-state index contributed by atoms with van der Waals surface area (Å²) >= 11 is 0. The number of methoxy groups -OCH3 is 1. The number of hydrogen-bond donors (Lipinski definition) is 0. The van der Waals surface area contributed by atoms with E-state index in [4.69, 9.17) is 9.72 Å². The molecule has 1 heterocycles. The van der Waals surface area contributed by atoms with Crippen molar-refractivity contribution in [1.29, 1.82) is 0 Å². The molecule has 0 bridgehead atoms. The Morgan fingerprint density at radius 1 is 1.09 bits per heavy atom. The number of hydrogen-bond acceptors (Lipinski definition) is 6. The van der Waals surface area contributed by atoms with Gasteiger partial charge in [0, 0.05) is 18.1 Å². The molecule has 0 spiro atoms. The van der Waals surface area contributed by atoms with Crippen LogP contribution in [0.3, 0.4) is 0 Å². The molecule has 1 unspecified atom stereocenters. The molecular weight excluding hydrogens is 418 g/mol. The SMILES string of the molecule is CCN(CC)C(C=O)n1c(-c2ccccc2)nc2ccc(OCCCCCC(=O)OC)cc21. The number of carbonyl (C=O) groups excluding carboxylic acids is 2. The van der Waals surface area contributed by atoms with Crippen molar-refractivity contribution in [2.24, 2.45) is 0 Å². The largest absolute Gasteiger partial charge is 0.494 e. The molecule has 0 saturated heterocycles. The Hall–Kier alpha value is -3.19. The van der Waals surface area contributed by atoms with Crippen LogP contribution in [0.5, 0.6) is 5.75 Å². The minimum Gasteiger partial charge on any atom is -0.494 e. The van der Waals surface area contributed by atoms with Gasteiger partial charge in [-0.25, -0.2) is 4.98 Å². The number of unbranched alkanes of at least 4 members (excludes halogenated alkanes) is 2. The van der Waals surface area contributed by atoms with Crippen LogP contribution in [0.1, 0.15) is 45.7 Å². The second kappa shape index (κ2) is 12.2. The van der Waals surface area contributed by atoms with E-state index in [1.54, 1.807) is 0 Å². The maximum absolute atomic E-state index is 12.3. The molecule has 0 N–H and O–H groups in total. The zero-order valence-corrected chi connectivity index (χ0v) is 19.7. The Labute approximate surface area is 195 Å². The summed E-state index contributed by atoms with van der Waals surface area (Å²) in [5.41, 5.74) is 2.64. The van der Waals surface area contributed by atoms with E-state index in [2.05, 4.69) is 23.5 Å². The molecule has 3 rings (SSSR count). The predicted octanol–water partition coefficient (Wildman–Crippen LogP) is 4.85. The van der Waals surface area contributed by atoms with Crippen LogP contribution in [-0.2, 0) is 14.3 Å². The van der Waals surface area contributed by atoms with Crippen LogP contribution in [0.4, 0.5) is 0 Å². The molecule has 0 amide bonds. The van der Waals surface area contributed by atoms with Crippen molar-refractivity contribution in [1.82, 2.24) is 14.5 Å². The standard InChI is InChI=1S/C26H33N3O4/c1-4-28(5-2)24(19-30)29-23-18-21(33-17-11-7-10-14-25(31)32-3)15-16-22(23)27-26(29)20-12-8-6-9-13-20/h6,8-9,12-13,15-16,18-19,24H,4-5,7,10-11,14,17H2,1-3H3. The number of likely N-dealkylation sites (N-methyl/N-ethyl adjacent to an activating group) is 1. The van der Waals surface area contributed by atoms with Crippen LogP contribution in [0.25, 0.3) is 22.4 Å². The second-order valence-electron chi connectivity index (χ2n) is 7.83. The van der Waals surface area contributed by atoms with Gasteiger partial charge in [0.2, 0.25) is 0 Å². The first kappa shape index (κ1) is 24.5. The average Bonchev–Trinajstić information content (AvgIpc) is 3.23. The Balaban J connectivity index is 1.87. The Bertz CT molecular complexity index is 1040. The maximum Gasteiger partial charge on any atom is 0.305 e. The molecule has 3 aromatic rings. The number of aromatic nitrogens is 2.